The molecule has 0 aliphatic carbocycles. The predicted octanol–water partition coefficient (Wildman–Crippen LogP) is 1.54. The van der Waals surface area contributed by atoms with Gasteiger partial charge in [0, 0.05) is 31.7 Å². The monoisotopic (exact) mass is 292 g/mol. The lowest BCUT2D eigenvalue weighted by Crippen LogP contribution is -2.51. The normalized spacial score (nSPS) is 19.1. The summed E-state index contributed by atoms with van der Waals surface area (Å²) < 4.78 is 55.1. The van der Waals surface area contributed by atoms with E-state index in [1.807, 2.05) is 0 Å². The predicted molar refractivity (Wildman–Crippen MR) is 65.6 cm³/mol. The van der Waals surface area contributed by atoms with Crippen LogP contribution in [0.5, 0.6) is 0 Å². The highest BCUT2D eigenvalue weighted by Gasteiger charge is 2.45. The zero-order valence-corrected chi connectivity index (χ0v) is 10.8. The third kappa shape index (κ3) is 2.94. The van der Waals surface area contributed by atoms with E-state index in [0.29, 0.717) is 13.1 Å². The largest absolute Gasteiger partial charge is 0.390 e. The first-order valence-corrected chi connectivity index (χ1v) is 6.34. The molecule has 0 radical (unpaired) electrons. The molecule has 0 unspecified atom stereocenters. The van der Waals surface area contributed by atoms with Gasteiger partial charge < -0.3 is 10.4 Å². The van der Waals surface area contributed by atoms with Crippen molar-refractivity contribution in [3.05, 3.63) is 35.4 Å². The van der Waals surface area contributed by atoms with E-state index >= 15 is 0 Å². The summed E-state index contributed by atoms with van der Waals surface area (Å²) in [7, 11) is 0. The molecule has 0 aromatic heterocycles. The minimum Gasteiger partial charge on any atom is -0.390 e. The van der Waals surface area contributed by atoms with Crippen LogP contribution in [0, 0.1) is 11.6 Å². The Bertz CT molecular complexity index is 464. The van der Waals surface area contributed by atoms with Crippen molar-refractivity contribution in [3.63, 3.8) is 0 Å². The summed E-state index contributed by atoms with van der Waals surface area (Å²) in [5, 5.41) is 11.9. The third-order valence-corrected chi connectivity index (χ3v) is 3.40. The summed E-state index contributed by atoms with van der Waals surface area (Å²) in [5.74, 6) is -6.01. The maximum absolute atomic E-state index is 14.0. The van der Waals surface area contributed by atoms with Gasteiger partial charge >= 0.3 is 0 Å². The molecule has 0 amide bonds. The van der Waals surface area contributed by atoms with Gasteiger partial charge in [0.05, 0.1) is 0 Å². The van der Waals surface area contributed by atoms with Gasteiger partial charge in [0.25, 0.3) is 5.92 Å². The van der Waals surface area contributed by atoms with Crippen LogP contribution >= 0.6 is 0 Å². The van der Waals surface area contributed by atoms with E-state index in [0.717, 1.165) is 12.1 Å². The number of hydrogen-bond donors (Lipinski definition) is 2. The Balaban J connectivity index is 2.42. The van der Waals surface area contributed by atoms with Crippen LogP contribution in [0.25, 0.3) is 0 Å². The highest BCUT2D eigenvalue weighted by molar-refractivity contribution is 5.25. The smallest absolute Gasteiger partial charge is 0.290 e. The van der Waals surface area contributed by atoms with Crippen LogP contribution in [0.3, 0.4) is 0 Å². The molecule has 112 valence electrons. The Labute approximate surface area is 114 Å². The van der Waals surface area contributed by atoms with E-state index in [2.05, 4.69) is 5.32 Å². The maximum atomic E-state index is 14.0. The van der Waals surface area contributed by atoms with E-state index in [-0.39, 0.29) is 13.1 Å². The van der Waals surface area contributed by atoms with E-state index in [1.54, 1.807) is 0 Å². The van der Waals surface area contributed by atoms with Crippen LogP contribution in [-0.2, 0) is 0 Å². The average molecular weight is 292 g/mol. The molecule has 2 N–H and O–H groups in total. The molecule has 0 spiro atoms. The number of nitrogens with zero attached hydrogens (tertiary/aromatic N) is 1. The van der Waals surface area contributed by atoms with Gasteiger partial charge in [-0.3, -0.25) is 4.90 Å². The third-order valence-electron chi connectivity index (χ3n) is 3.40. The molecular weight excluding hydrogens is 276 g/mol. The number of aliphatic hydroxyl groups excluding tert-OH is 1. The number of alkyl halides is 2. The Morgan fingerprint density at radius 2 is 1.90 bits per heavy atom. The lowest BCUT2D eigenvalue weighted by molar-refractivity contribution is -0.119. The first-order valence-electron chi connectivity index (χ1n) is 6.34. The standard InChI is InChI=1S/C13H16F4N2O/c14-10-3-1-2-9(11(10)15)12(13(16,17)8-20)19-6-4-18-5-7-19/h1-3,12,18,20H,4-8H2/t12-/m0/s1. The lowest BCUT2D eigenvalue weighted by Gasteiger charge is -2.38. The fourth-order valence-electron chi connectivity index (χ4n) is 2.45. The minimum atomic E-state index is -3.55. The van der Waals surface area contributed by atoms with Crippen LogP contribution in [-0.4, -0.2) is 48.7 Å². The van der Waals surface area contributed by atoms with E-state index in [9.17, 15) is 17.6 Å². The van der Waals surface area contributed by atoms with Crippen molar-refractivity contribution >= 4 is 0 Å². The number of nitrogens with one attached hydrogen (secondary N) is 1. The molecule has 3 nitrogen and oxygen atoms in total. The molecule has 0 saturated carbocycles. The van der Waals surface area contributed by atoms with Gasteiger partial charge in [-0.05, 0) is 6.07 Å². The number of piperazine rings is 1. The number of aliphatic hydroxyl groups is 1. The SMILES string of the molecule is OCC(F)(F)[C@H](c1cccc(F)c1F)N1CCNCC1. The van der Waals surface area contributed by atoms with E-state index < -0.39 is 35.8 Å². The van der Waals surface area contributed by atoms with Crippen molar-refractivity contribution in [1.82, 2.24) is 10.2 Å². The van der Waals surface area contributed by atoms with Gasteiger partial charge in [0.2, 0.25) is 0 Å². The van der Waals surface area contributed by atoms with E-state index in [4.69, 9.17) is 5.11 Å². The summed E-state index contributed by atoms with van der Waals surface area (Å²) in [6, 6.07) is 1.53. The van der Waals surface area contributed by atoms with E-state index in [1.165, 1.54) is 11.0 Å². The zero-order chi connectivity index (χ0) is 14.8. The lowest BCUT2D eigenvalue weighted by atomic mass is 9.97. The topological polar surface area (TPSA) is 35.5 Å². The summed E-state index contributed by atoms with van der Waals surface area (Å²) >= 11 is 0. The second-order valence-electron chi connectivity index (χ2n) is 4.75. The van der Waals surface area contributed by atoms with Gasteiger partial charge in [0.1, 0.15) is 12.6 Å². The van der Waals surface area contributed by atoms with Gasteiger partial charge in [-0.25, -0.2) is 17.6 Å². The number of halogens is 4. The van der Waals surface area contributed by atoms with Gasteiger partial charge in [-0.1, -0.05) is 12.1 Å². The van der Waals surface area contributed by atoms with Crippen LogP contribution in [0.2, 0.25) is 0 Å². The highest BCUT2D eigenvalue weighted by atomic mass is 19.3. The van der Waals surface area contributed by atoms with Gasteiger partial charge in [-0.15, -0.1) is 0 Å². The number of hydrogen-bond acceptors (Lipinski definition) is 3. The molecule has 0 bridgehead atoms. The minimum absolute atomic E-state index is 0.274. The van der Waals surface area contributed by atoms with Crippen molar-refractivity contribution in [2.24, 2.45) is 0 Å². The number of rotatable bonds is 4. The average Bonchev–Trinajstić information content (AvgIpc) is 2.45. The summed E-state index contributed by atoms with van der Waals surface area (Å²) in [5.41, 5.74) is -0.425. The summed E-state index contributed by atoms with van der Waals surface area (Å²) in [6.07, 6.45) is 0. The Hall–Kier alpha value is -1.18. The van der Waals surface area contributed by atoms with Gasteiger partial charge in [0.15, 0.2) is 11.6 Å². The molecule has 1 aromatic carbocycles. The number of benzene rings is 1. The zero-order valence-electron chi connectivity index (χ0n) is 10.8. The first-order chi connectivity index (χ1) is 9.47. The molecule has 1 atom stereocenters. The van der Waals surface area contributed by atoms with Crippen LogP contribution < -0.4 is 5.32 Å². The Morgan fingerprint density at radius 1 is 1.25 bits per heavy atom. The Kier molecular flexibility index (Phi) is 4.62. The molecule has 7 heteroatoms. The molecule has 2 rings (SSSR count). The fraction of sp³-hybridized carbons (Fsp3) is 0.538. The maximum Gasteiger partial charge on any atom is 0.290 e. The Morgan fingerprint density at radius 3 is 2.50 bits per heavy atom. The second-order valence-corrected chi connectivity index (χ2v) is 4.75. The first kappa shape index (κ1) is 15.2. The molecule has 1 aromatic rings. The second kappa shape index (κ2) is 6.07. The van der Waals surface area contributed by atoms with Crippen LogP contribution in [0.4, 0.5) is 17.6 Å². The quantitative estimate of drug-likeness (QED) is 0.826. The molecule has 1 fully saturated rings. The van der Waals surface area contributed by atoms with Crippen molar-refractivity contribution in [2.45, 2.75) is 12.0 Å². The molecule has 1 heterocycles. The molecular formula is C13H16F4N2O. The van der Waals surface area contributed by atoms with Gasteiger partial charge in [-0.2, -0.15) is 0 Å². The van der Waals surface area contributed by atoms with Crippen molar-refractivity contribution in [3.8, 4) is 0 Å². The van der Waals surface area contributed by atoms with Crippen LogP contribution in [0.1, 0.15) is 11.6 Å². The summed E-state index contributed by atoms with van der Waals surface area (Å²) in [6.45, 7) is 0.0911. The molecule has 1 aliphatic heterocycles. The van der Waals surface area contributed by atoms with Crippen LogP contribution in [0.15, 0.2) is 18.2 Å². The highest BCUT2D eigenvalue weighted by Crippen LogP contribution is 2.38. The fourth-order valence-corrected chi connectivity index (χ4v) is 2.45. The summed E-state index contributed by atoms with van der Waals surface area (Å²) in [4.78, 5) is 1.37. The molecule has 1 saturated heterocycles. The molecule has 20 heavy (non-hydrogen) atoms. The van der Waals surface area contributed by atoms with Crippen molar-refractivity contribution in [1.29, 1.82) is 0 Å². The van der Waals surface area contributed by atoms with Crippen molar-refractivity contribution < 1.29 is 22.7 Å². The van der Waals surface area contributed by atoms with Crippen molar-refractivity contribution in [2.75, 3.05) is 32.8 Å². The molecule has 1 aliphatic rings.